The van der Waals surface area contributed by atoms with E-state index in [1.54, 1.807) is 6.08 Å². The van der Waals surface area contributed by atoms with Crippen LogP contribution in [-0.4, -0.2) is 0 Å². The van der Waals surface area contributed by atoms with E-state index in [4.69, 9.17) is 14.9 Å². The van der Waals surface area contributed by atoms with Crippen LogP contribution in [0, 0.1) is 6.92 Å². The third kappa shape index (κ3) is 3.87. The first-order valence-electron chi connectivity index (χ1n) is 15.2. The van der Waals surface area contributed by atoms with Crippen LogP contribution in [0.2, 0.25) is 0 Å². The Bertz CT molecular complexity index is 2400. The van der Waals surface area contributed by atoms with Gasteiger partial charge < -0.3 is 25.1 Å². The Kier molecular flexibility index (Phi) is 5.56. The van der Waals surface area contributed by atoms with E-state index >= 15 is 0 Å². The summed E-state index contributed by atoms with van der Waals surface area (Å²) >= 11 is 0. The number of nitrogens with zero attached hydrogens (tertiary/aromatic N) is 1. The molecule has 45 heavy (non-hydrogen) atoms. The minimum Gasteiger partial charge on any atom is -0.459 e. The first kappa shape index (κ1) is 25.5. The van der Waals surface area contributed by atoms with E-state index in [9.17, 15) is 0 Å². The molecular formula is C40H29N3O2. The first-order valence-corrected chi connectivity index (χ1v) is 15.2. The fourth-order valence-electron chi connectivity index (χ4n) is 7.02. The van der Waals surface area contributed by atoms with E-state index in [0.29, 0.717) is 0 Å². The average molecular weight is 584 g/mol. The number of anilines is 2. The zero-order chi connectivity index (χ0) is 30.1. The van der Waals surface area contributed by atoms with E-state index in [1.165, 1.54) is 38.5 Å². The van der Waals surface area contributed by atoms with Gasteiger partial charge in [0.15, 0.2) is 0 Å². The fraction of sp³-hybridized carbons (Fsp3) is 0.0500. The summed E-state index contributed by atoms with van der Waals surface area (Å²) in [4.78, 5) is 2.27. The quantitative estimate of drug-likeness (QED) is 0.202. The minimum absolute atomic E-state index is 0.0143. The van der Waals surface area contributed by atoms with E-state index in [2.05, 4.69) is 126 Å². The first-order chi connectivity index (χ1) is 22.2. The molecule has 0 radical (unpaired) electrons. The topological polar surface area (TPSA) is 63.7 Å². The van der Waals surface area contributed by atoms with Crippen LogP contribution in [0.1, 0.15) is 22.9 Å². The van der Waals surface area contributed by atoms with Crippen molar-refractivity contribution in [2.45, 2.75) is 13.0 Å². The Morgan fingerprint density at radius 2 is 1.33 bits per heavy atom. The van der Waals surface area contributed by atoms with Gasteiger partial charge in [-0.15, -0.1) is 0 Å². The number of dihydropyridines is 1. The van der Waals surface area contributed by atoms with Crippen molar-refractivity contribution in [1.29, 1.82) is 0 Å². The maximum atomic E-state index is 6.35. The van der Waals surface area contributed by atoms with Gasteiger partial charge in [0, 0.05) is 46.2 Å². The number of nitrogens with two attached hydrogens (primary N) is 1. The summed E-state index contributed by atoms with van der Waals surface area (Å²) in [5.74, 6) is 2.53. The van der Waals surface area contributed by atoms with Crippen LogP contribution in [0.3, 0.4) is 0 Å². The van der Waals surface area contributed by atoms with Crippen LogP contribution in [0.25, 0.3) is 49.4 Å². The van der Waals surface area contributed by atoms with Crippen LogP contribution < -0.4 is 20.7 Å². The smallest absolute Gasteiger partial charge is 0.137 e. The molecule has 3 N–H and O–H groups in total. The van der Waals surface area contributed by atoms with Gasteiger partial charge in [-0.3, -0.25) is 0 Å². The number of ether oxygens (including phenoxy) is 1. The van der Waals surface area contributed by atoms with Crippen LogP contribution in [0.4, 0.5) is 11.4 Å². The van der Waals surface area contributed by atoms with Crippen molar-refractivity contribution in [2.24, 2.45) is 5.73 Å². The van der Waals surface area contributed by atoms with Crippen molar-refractivity contribution >= 4 is 60.7 Å². The van der Waals surface area contributed by atoms with Gasteiger partial charge in [0.05, 0.1) is 5.70 Å². The highest BCUT2D eigenvalue weighted by molar-refractivity contribution is 6.25. The second kappa shape index (κ2) is 9.79. The molecule has 0 aliphatic carbocycles. The van der Waals surface area contributed by atoms with E-state index < -0.39 is 0 Å². The predicted molar refractivity (Wildman–Crippen MR) is 184 cm³/mol. The number of furan rings is 1. The summed E-state index contributed by atoms with van der Waals surface area (Å²) in [5, 5.41) is 12.1. The monoisotopic (exact) mass is 583 g/mol. The van der Waals surface area contributed by atoms with E-state index in [-0.39, 0.29) is 6.04 Å². The molecule has 0 bridgehead atoms. The summed E-state index contributed by atoms with van der Waals surface area (Å²) in [7, 11) is 0. The van der Waals surface area contributed by atoms with Crippen molar-refractivity contribution in [2.75, 3.05) is 4.90 Å². The molecule has 1 aromatic heterocycles. The molecule has 1 unspecified atom stereocenters. The zero-order valence-corrected chi connectivity index (χ0v) is 24.6. The third-order valence-corrected chi connectivity index (χ3v) is 9.14. The number of fused-ring (bicyclic) bond motifs is 10. The molecule has 9 rings (SSSR count). The molecule has 2 aliphatic heterocycles. The number of benzene rings is 6. The van der Waals surface area contributed by atoms with Gasteiger partial charge >= 0.3 is 0 Å². The Morgan fingerprint density at radius 3 is 2.07 bits per heavy atom. The highest BCUT2D eigenvalue weighted by Crippen LogP contribution is 2.44. The summed E-state index contributed by atoms with van der Waals surface area (Å²) in [5.41, 5.74) is 11.7. The van der Waals surface area contributed by atoms with Gasteiger partial charge in [0.1, 0.15) is 28.9 Å². The molecular weight excluding hydrogens is 554 g/mol. The lowest BCUT2D eigenvalue weighted by Crippen LogP contribution is -2.25. The second-order valence-electron chi connectivity index (χ2n) is 11.6. The number of allylic oxidation sites excluding steroid dienone is 1. The predicted octanol–water partition coefficient (Wildman–Crippen LogP) is 9.73. The average Bonchev–Trinajstić information content (AvgIpc) is 3.61. The van der Waals surface area contributed by atoms with Crippen molar-refractivity contribution in [3.8, 4) is 5.75 Å². The van der Waals surface area contributed by atoms with Gasteiger partial charge in [-0.1, -0.05) is 72.8 Å². The standard InChI is InChI=1S/C40H29N3O2/c1-24-28-16-14-26(21-38(28)44-36(24)18-19-41)43(27-22-39-40(42-23-27)34-12-6-7-13-37(34)45-39)25-15-17-33-31-10-3-2-8-29(31)30-9-4-5-11-32(30)35(33)20-25/h2-23,40,42H,41H2,1H3/b19-18-. The second-order valence-corrected chi connectivity index (χ2v) is 11.6. The van der Waals surface area contributed by atoms with Gasteiger partial charge in [-0.2, -0.15) is 0 Å². The lowest BCUT2D eigenvalue weighted by atomic mass is 9.94. The Morgan fingerprint density at radius 1 is 0.711 bits per heavy atom. The molecule has 1 atom stereocenters. The van der Waals surface area contributed by atoms with Crippen LogP contribution in [0.5, 0.6) is 5.75 Å². The highest BCUT2D eigenvalue weighted by atomic mass is 16.5. The van der Waals surface area contributed by atoms with Gasteiger partial charge in [0.2, 0.25) is 0 Å². The SMILES string of the molecule is Cc1c(/C=C\N)oc2cc(N(C3=CNC4C(=C3)Oc3ccccc34)c3ccc4c5ccccc5c5ccccc5c4c3)ccc12. The Hall–Kier alpha value is -5.94. The minimum atomic E-state index is -0.0143. The van der Waals surface area contributed by atoms with Crippen LogP contribution in [0.15, 0.2) is 144 Å². The molecule has 2 aliphatic rings. The number of aryl methyl sites for hydroxylation is 1. The van der Waals surface area contributed by atoms with Crippen LogP contribution in [-0.2, 0) is 0 Å². The molecule has 0 spiro atoms. The van der Waals surface area contributed by atoms with Gasteiger partial charge in [-0.05, 0) is 81.8 Å². The lowest BCUT2D eigenvalue weighted by molar-refractivity contribution is 0.414. The summed E-state index contributed by atoms with van der Waals surface area (Å²) in [6.07, 6.45) is 7.55. The molecule has 7 aromatic rings. The molecule has 5 heteroatoms. The molecule has 0 saturated heterocycles. The maximum absolute atomic E-state index is 6.35. The Labute approximate surface area is 260 Å². The maximum Gasteiger partial charge on any atom is 0.137 e. The normalized spacial score (nSPS) is 15.6. The summed E-state index contributed by atoms with van der Waals surface area (Å²) in [6.45, 7) is 2.06. The van der Waals surface area contributed by atoms with Crippen molar-refractivity contribution in [1.82, 2.24) is 5.32 Å². The van der Waals surface area contributed by atoms with Crippen molar-refractivity contribution < 1.29 is 9.15 Å². The highest BCUT2D eigenvalue weighted by Gasteiger charge is 2.32. The number of hydrogen-bond acceptors (Lipinski definition) is 5. The van der Waals surface area contributed by atoms with E-state index in [1.807, 2.05) is 12.1 Å². The molecule has 0 amide bonds. The van der Waals surface area contributed by atoms with Crippen molar-refractivity contribution in [3.63, 3.8) is 0 Å². The Balaban J connectivity index is 1.26. The van der Waals surface area contributed by atoms with Crippen molar-refractivity contribution in [3.05, 3.63) is 156 Å². The largest absolute Gasteiger partial charge is 0.459 e. The third-order valence-electron chi connectivity index (χ3n) is 9.14. The summed E-state index contributed by atoms with van der Waals surface area (Å²) in [6, 6.07) is 38.7. The lowest BCUT2D eigenvalue weighted by Gasteiger charge is -2.30. The number of para-hydroxylation sites is 1. The number of hydrogen-bond donors (Lipinski definition) is 2. The molecule has 0 saturated carbocycles. The van der Waals surface area contributed by atoms with Crippen LogP contribution >= 0.6 is 0 Å². The molecule has 6 aromatic carbocycles. The fourth-order valence-corrected chi connectivity index (χ4v) is 7.02. The molecule has 3 heterocycles. The zero-order valence-electron chi connectivity index (χ0n) is 24.6. The number of nitrogens with one attached hydrogen (secondary N) is 1. The van der Waals surface area contributed by atoms with Gasteiger partial charge in [0.25, 0.3) is 0 Å². The van der Waals surface area contributed by atoms with Gasteiger partial charge in [-0.25, -0.2) is 0 Å². The molecule has 5 nitrogen and oxygen atoms in total. The molecule has 216 valence electrons. The van der Waals surface area contributed by atoms with E-state index in [0.717, 1.165) is 56.4 Å². The number of rotatable bonds is 4. The molecule has 0 fully saturated rings. The summed E-state index contributed by atoms with van der Waals surface area (Å²) < 4.78 is 12.6.